The van der Waals surface area contributed by atoms with E-state index in [1.54, 1.807) is 24.3 Å². The van der Waals surface area contributed by atoms with Crippen LogP contribution in [0.25, 0.3) is 5.69 Å². The molecule has 0 atom stereocenters. The van der Waals surface area contributed by atoms with Crippen LogP contribution in [-0.4, -0.2) is 26.8 Å². The van der Waals surface area contributed by atoms with Crippen LogP contribution in [0.5, 0.6) is 0 Å². The van der Waals surface area contributed by atoms with Crippen molar-refractivity contribution in [2.75, 3.05) is 6.54 Å². The minimum absolute atomic E-state index is 0.0657. The van der Waals surface area contributed by atoms with E-state index < -0.39 is 17.2 Å². The molecule has 1 aliphatic rings. The Kier molecular flexibility index (Phi) is 5.12. The maximum Gasteiger partial charge on any atom is 0.352 e. The van der Waals surface area contributed by atoms with E-state index in [2.05, 4.69) is 10.4 Å². The molecule has 1 aromatic heterocycles. The minimum atomic E-state index is -0.684. The summed E-state index contributed by atoms with van der Waals surface area (Å²) in [6.45, 7) is 2.55. The highest BCUT2D eigenvalue weighted by Gasteiger charge is 2.25. The van der Waals surface area contributed by atoms with Gasteiger partial charge in [0.25, 0.3) is 11.5 Å². The Hall–Kier alpha value is -3.48. The third-order valence-corrected chi connectivity index (χ3v) is 4.99. The SMILES string of the molecule is Cc1ccc(Cn2c(=O)c(C(=O)NCC3CC3)nn(-c3ccccc3)c2=O)cc1. The second-order valence-corrected chi connectivity index (χ2v) is 7.41. The largest absolute Gasteiger partial charge is 0.352 e. The third kappa shape index (κ3) is 4.18. The molecule has 4 rings (SSSR count). The lowest BCUT2D eigenvalue weighted by atomic mass is 10.1. The maximum atomic E-state index is 13.0. The van der Waals surface area contributed by atoms with Crippen LogP contribution >= 0.6 is 0 Å². The van der Waals surface area contributed by atoms with Crippen molar-refractivity contribution < 1.29 is 4.79 Å². The van der Waals surface area contributed by atoms with Crippen LogP contribution < -0.4 is 16.6 Å². The first-order chi connectivity index (χ1) is 14.0. The Morgan fingerprint density at radius 3 is 2.41 bits per heavy atom. The van der Waals surface area contributed by atoms with Gasteiger partial charge in [-0.25, -0.2) is 4.79 Å². The summed E-state index contributed by atoms with van der Waals surface area (Å²) < 4.78 is 2.18. The van der Waals surface area contributed by atoms with Crippen molar-refractivity contribution in [3.8, 4) is 5.69 Å². The van der Waals surface area contributed by atoms with Gasteiger partial charge in [-0.05, 0) is 43.4 Å². The summed E-state index contributed by atoms with van der Waals surface area (Å²) >= 11 is 0. The molecule has 148 valence electrons. The van der Waals surface area contributed by atoms with Crippen molar-refractivity contribution in [3.63, 3.8) is 0 Å². The van der Waals surface area contributed by atoms with E-state index in [1.165, 1.54) is 0 Å². The molecule has 1 fully saturated rings. The van der Waals surface area contributed by atoms with Crippen molar-refractivity contribution in [2.24, 2.45) is 5.92 Å². The van der Waals surface area contributed by atoms with Gasteiger partial charge in [0.05, 0.1) is 12.2 Å². The highest BCUT2D eigenvalue weighted by molar-refractivity contribution is 5.91. The zero-order chi connectivity index (χ0) is 20.4. The molecule has 7 nitrogen and oxygen atoms in total. The number of nitrogens with one attached hydrogen (secondary N) is 1. The van der Waals surface area contributed by atoms with Gasteiger partial charge in [0, 0.05) is 6.54 Å². The van der Waals surface area contributed by atoms with Gasteiger partial charge in [-0.15, -0.1) is 0 Å². The number of aryl methyl sites for hydroxylation is 1. The summed E-state index contributed by atoms with van der Waals surface area (Å²) in [6.07, 6.45) is 2.16. The highest BCUT2D eigenvalue weighted by Crippen LogP contribution is 2.27. The van der Waals surface area contributed by atoms with Crippen LogP contribution in [0, 0.1) is 12.8 Å². The second kappa shape index (κ2) is 7.87. The fourth-order valence-corrected chi connectivity index (χ4v) is 3.05. The second-order valence-electron chi connectivity index (χ2n) is 7.41. The van der Waals surface area contributed by atoms with E-state index in [9.17, 15) is 14.4 Å². The van der Waals surface area contributed by atoms with Gasteiger partial charge < -0.3 is 5.32 Å². The summed E-state index contributed by atoms with van der Waals surface area (Å²) in [6, 6.07) is 16.3. The smallest absolute Gasteiger partial charge is 0.350 e. The molecule has 0 bridgehead atoms. The van der Waals surface area contributed by atoms with Crippen LogP contribution in [0.3, 0.4) is 0 Å². The van der Waals surface area contributed by atoms with E-state index in [4.69, 9.17) is 0 Å². The Balaban J connectivity index is 1.80. The standard InChI is InChI=1S/C22H22N4O3/c1-15-7-9-17(10-8-15)14-25-21(28)19(20(27)23-13-16-11-12-16)24-26(22(25)29)18-5-3-2-4-6-18/h2-10,16H,11-14H2,1H3,(H,23,27). The lowest BCUT2D eigenvalue weighted by Gasteiger charge is -2.12. The number of para-hydroxylation sites is 1. The molecule has 0 saturated heterocycles. The molecule has 1 amide bonds. The molecule has 1 saturated carbocycles. The topological polar surface area (TPSA) is 86.0 Å². The number of amides is 1. The maximum absolute atomic E-state index is 13.0. The molecule has 1 aliphatic carbocycles. The van der Waals surface area contributed by atoms with Crippen LogP contribution in [0.2, 0.25) is 0 Å². The summed E-state index contributed by atoms with van der Waals surface area (Å²) in [4.78, 5) is 38.7. The average molecular weight is 390 g/mol. The van der Waals surface area contributed by atoms with E-state index in [1.807, 2.05) is 37.3 Å². The van der Waals surface area contributed by atoms with E-state index in [0.717, 1.165) is 33.2 Å². The van der Waals surface area contributed by atoms with Gasteiger partial charge in [-0.1, -0.05) is 48.0 Å². The molecule has 29 heavy (non-hydrogen) atoms. The lowest BCUT2D eigenvalue weighted by molar-refractivity contribution is 0.0942. The van der Waals surface area contributed by atoms with Gasteiger partial charge in [0.1, 0.15) is 0 Å². The zero-order valence-corrected chi connectivity index (χ0v) is 16.2. The summed E-state index contributed by atoms with van der Waals surface area (Å²) in [7, 11) is 0. The molecule has 1 heterocycles. The molecule has 0 radical (unpaired) electrons. The normalized spacial score (nSPS) is 13.3. The van der Waals surface area contributed by atoms with E-state index in [0.29, 0.717) is 18.2 Å². The Bertz CT molecular complexity index is 1140. The van der Waals surface area contributed by atoms with Crippen LogP contribution in [0.15, 0.2) is 64.2 Å². The molecule has 2 aromatic carbocycles. The number of hydrogen-bond acceptors (Lipinski definition) is 4. The first-order valence-corrected chi connectivity index (χ1v) is 9.66. The molecule has 7 heteroatoms. The molecule has 0 aliphatic heterocycles. The van der Waals surface area contributed by atoms with Gasteiger partial charge in [0.15, 0.2) is 0 Å². The van der Waals surface area contributed by atoms with Crippen LogP contribution in [0.4, 0.5) is 0 Å². The van der Waals surface area contributed by atoms with Crippen LogP contribution in [-0.2, 0) is 6.54 Å². The first-order valence-electron chi connectivity index (χ1n) is 9.66. The average Bonchev–Trinajstić information content (AvgIpc) is 3.56. The van der Waals surface area contributed by atoms with Crippen LogP contribution in [0.1, 0.15) is 34.5 Å². The predicted molar refractivity (Wildman–Crippen MR) is 109 cm³/mol. The predicted octanol–water partition coefficient (Wildman–Crippen LogP) is 1.89. The van der Waals surface area contributed by atoms with Gasteiger partial charge >= 0.3 is 5.69 Å². The van der Waals surface area contributed by atoms with Crippen molar-refractivity contribution in [1.82, 2.24) is 19.7 Å². The Labute approximate surface area is 167 Å². The minimum Gasteiger partial charge on any atom is -0.350 e. The fourth-order valence-electron chi connectivity index (χ4n) is 3.05. The van der Waals surface area contributed by atoms with E-state index in [-0.39, 0.29) is 12.2 Å². The van der Waals surface area contributed by atoms with Gasteiger partial charge in [-0.2, -0.15) is 9.78 Å². The molecular weight excluding hydrogens is 368 g/mol. The number of carbonyl (C=O) groups is 1. The van der Waals surface area contributed by atoms with E-state index >= 15 is 0 Å². The van der Waals surface area contributed by atoms with Crippen molar-refractivity contribution in [1.29, 1.82) is 0 Å². The Morgan fingerprint density at radius 2 is 1.76 bits per heavy atom. The van der Waals surface area contributed by atoms with Crippen molar-refractivity contribution >= 4 is 5.91 Å². The number of hydrogen-bond donors (Lipinski definition) is 1. The monoisotopic (exact) mass is 390 g/mol. The molecule has 0 spiro atoms. The van der Waals surface area contributed by atoms with Crippen molar-refractivity contribution in [2.45, 2.75) is 26.3 Å². The van der Waals surface area contributed by atoms with Gasteiger partial charge in [0.2, 0.25) is 5.69 Å². The number of nitrogens with zero attached hydrogens (tertiary/aromatic N) is 3. The summed E-state index contributed by atoms with van der Waals surface area (Å²) in [5, 5.41) is 6.88. The molecule has 3 aromatic rings. The Morgan fingerprint density at radius 1 is 1.07 bits per heavy atom. The number of aromatic nitrogens is 3. The first kappa shape index (κ1) is 18.9. The fraction of sp³-hybridized carbons (Fsp3) is 0.273. The number of rotatable bonds is 6. The van der Waals surface area contributed by atoms with Gasteiger partial charge in [-0.3, -0.25) is 14.2 Å². The van der Waals surface area contributed by atoms with Crippen molar-refractivity contribution in [3.05, 3.63) is 92.3 Å². The third-order valence-electron chi connectivity index (χ3n) is 4.99. The quantitative estimate of drug-likeness (QED) is 0.696. The zero-order valence-electron chi connectivity index (χ0n) is 16.2. The number of benzene rings is 2. The lowest BCUT2D eigenvalue weighted by Crippen LogP contribution is -2.46. The molecule has 1 N–H and O–H groups in total. The molecule has 0 unspecified atom stereocenters. The summed E-state index contributed by atoms with van der Waals surface area (Å²) in [5.41, 5.74) is 0.826. The summed E-state index contributed by atoms with van der Waals surface area (Å²) in [5.74, 6) is -0.0852. The highest BCUT2D eigenvalue weighted by atomic mass is 16.2. The molecular formula is C22H22N4O3. The number of carbonyl (C=O) groups excluding carboxylic acids is 1.